The third-order valence-electron chi connectivity index (χ3n) is 3.81. The predicted octanol–water partition coefficient (Wildman–Crippen LogP) is 3.16. The summed E-state index contributed by atoms with van der Waals surface area (Å²) < 4.78 is 1.73. The smallest absolute Gasteiger partial charge is 0.238 e. The van der Waals surface area contributed by atoms with Crippen LogP contribution in [0.2, 0.25) is 0 Å². The second-order valence-electron chi connectivity index (χ2n) is 5.68. The van der Waals surface area contributed by atoms with Crippen molar-refractivity contribution in [2.75, 3.05) is 25.0 Å². The molecule has 1 aliphatic heterocycles. The minimum absolute atomic E-state index is 0.0357. The lowest BCUT2D eigenvalue weighted by Gasteiger charge is -2.18. The maximum Gasteiger partial charge on any atom is 0.238 e. The van der Waals surface area contributed by atoms with Gasteiger partial charge >= 0.3 is 0 Å². The number of likely N-dealkylation sites (tertiary alicyclic amines) is 1. The van der Waals surface area contributed by atoms with Crippen molar-refractivity contribution < 1.29 is 9.90 Å². The topological polar surface area (TPSA) is 52.6 Å². The van der Waals surface area contributed by atoms with Crippen LogP contribution in [0.4, 0.5) is 5.69 Å². The fourth-order valence-electron chi connectivity index (χ4n) is 2.60. The molecule has 21 heavy (non-hydrogen) atoms. The first-order valence-corrected chi connectivity index (χ1v) is 8.61. The van der Waals surface area contributed by atoms with Crippen LogP contribution in [0.15, 0.2) is 21.1 Å². The summed E-state index contributed by atoms with van der Waals surface area (Å²) in [5.74, 6) is 0.238. The average Bonchev–Trinajstić information content (AvgIpc) is 2.82. The summed E-state index contributed by atoms with van der Waals surface area (Å²) >= 11 is 6.95. The number of aryl methyl sites for hydroxylation is 1. The van der Waals surface area contributed by atoms with Crippen molar-refractivity contribution in [3.8, 4) is 0 Å². The van der Waals surface area contributed by atoms with Crippen molar-refractivity contribution in [1.82, 2.24) is 4.90 Å². The first kappa shape index (κ1) is 16.9. The fraction of sp³-hybridized carbons (Fsp3) is 0.533. The van der Waals surface area contributed by atoms with Gasteiger partial charge in [-0.3, -0.25) is 9.69 Å². The van der Waals surface area contributed by atoms with Gasteiger partial charge in [0.1, 0.15) is 0 Å². The van der Waals surface area contributed by atoms with Gasteiger partial charge in [0.2, 0.25) is 5.91 Å². The standard InChI is InChI=1S/C15H20Br2N2O2/c1-9-5-12(16)15(13(17)6-9)18-14(21)8-19-4-3-11(7-19)10(2)20/h5-6,10-11,20H,3-4,7-8H2,1-2H3,(H,18,21). The normalized spacial score (nSPS) is 20.5. The number of aliphatic hydroxyl groups excluding tert-OH is 1. The van der Waals surface area contributed by atoms with Gasteiger partial charge in [-0.15, -0.1) is 0 Å². The van der Waals surface area contributed by atoms with Crippen molar-refractivity contribution in [2.24, 2.45) is 5.92 Å². The highest BCUT2D eigenvalue weighted by Crippen LogP contribution is 2.32. The van der Waals surface area contributed by atoms with Crippen LogP contribution in [-0.2, 0) is 4.79 Å². The van der Waals surface area contributed by atoms with E-state index in [4.69, 9.17) is 0 Å². The second-order valence-corrected chi connectivity index (χ2v) is 7.38. The number of carbonyl (C=O) groups is 1. The molecule has 1 aliphatic rings. The molecule has 1 heterocycles. The molecule has 2 N–H and O–H groups in total. The summed E-state index contributed by atoms with van der Waals surface area (Å²) in [6, 6.07) is 3.94. The number of carbonyl (C=O) groups excluding carboxylic acids is 1. The maximum absolute atomic E-state index is 12.2. The van der Waals surface area contributed by atoms with Crippen molar-refractivity contribution in [1.29, 1.82) is 0 Å². The zero-order valence-corrected chi connectivity index (χ0v) is 15.4. The number of nitrogens with one attached hydrogen (secondary N) is 1. The molecule has 2 atom stereocenters. The summed E-state index contributed by atoms with van der Waals surface area (Å²) in [5, 5.41) is 12.5. The molecule has 1 aromatic carbocycles. The van der Waals surface area contributed by atoms with E-state index in [9.17, 15) is 9.90 Å². The zero-order valence-electron chi connectivity index (χ0n) is 12.2. The Bertz CT molecular complexity index is 511. The van der Waals surface area contributed by atoms with Crippen molar-refractivity contribution in [3.05, 3.63) is 26.6 Å². The van der Waals surface area contributed by atoms with Gasteiger partial charge in [0.05, 0.1) is 18.3 Å². The third kappa shape index (κ3) is 4.52. The maximum atomic E-state index is 12.2. The van der Waals surface area contributed by atoms with Gasteiger partial charge in [-0.25, -0.2) is 0 Å². The van der Waals surface area contributed by atoms with Crippen LogP contribution in [0.1, 0.15) is 18.9 Å². The highest BCUT2D eigenvalue weighted by Gasteiger charge is 2.27. The van der Waals surface area contributed by atoms with Crippen LogP contribution in [0.3, 0.4) is 0 Å². The monoisotopic (exact) mass is 418 g/mol. The first-order chi connectivity index (χ1) is 9.86. The van der Waals surface area contributed by atoms with E-state index in [1.54, 1.807) is 0 Å². The molecule has 0 radical (unpaired) electrons. The molecule has 0 saturated carbocycles. The molecule has 1 aromatic rings. The van der Waals surface area contributed by atoms with E-state index in [1.807, 2.05) is 26.0 Å². The Balaban J connectivity index is 1.94. The molecule has 0 bridgehead atoms. The van der Waals surface area contributed by atoms with E-state index in [-0.39, 0.29) is 17.9 Å². The number of amides is 1. The molecule has 1 saturated heterocycles. The summed E-state index contributed by atoms with van der Waals surface area (Å²) in [6.07, 6.45) is 0.640. The molecule has 4 nitrogen and oxygen atoms in total. The Kier molecular flexibility index (Phi) is 5.82. The van der Waals surface area contributed by atoms with E-state index >= 15 is 0 Å². The molecule has 1 fully saturated rings. The summed E-state index contributed by atoms with van der Waals surface area (Å²) in [4.78, 5) is 14.3. The van der Waals surface area contributed by atoms with Crippen LogP contribution < -0.4 is 5.32 Å². The van der Waals surface area contributed by atoms with Crippen LogP contribution in [0.5, 0.6) is 0 Å². The van der Waals surface area contributed by atoms with E-state index in [1.165, 1.54) is 0 Å². The number of nitrogens with zero attached hydrogens (tertiary/aromatic N) is 1. The van der Waals surface area contributed by atoms with Crippen LogP contribution >= 0.6 is 31.9 Å². The van der Waals surface area contributed by atoms with Gasteiger partial charge in [0, 0.05) is 15.5 Å². The van der Waals surface area contributed by atoms with Crippen LogP contribution in [0, 0.1) is 12.8 Å². The van der Waals surface area contributed by atoms with Gasteiger partial charge < -0.3 is 10.4 Å². The molecule has 0 aromatic heterocycles. The molecule has 116 valence electrons. The molecule has 0 spiro atoms. The Morgan fingerprint density at radius 3 is 2.62 bits per heavy atom. The number of halogens is 2. The average molecular weight is 420 g/mol. The van der Waals surface area contributed by atoms with Gasteiger partial charge in [0.25, 0.3) is 0 Å². The van der Waals surface area contributed by atoms with E-state index < -0.39 is 0 Å². The quantitative estimate of drug-likeness (QED) is 0.787. The summed E-state index contributed by atoms with van der Waals surface area (Å²) in [5.41, 5.74) is 1.88. The van der Waals surface area contributed by atoms with Gasteiger partial charge in [-0.2, -0.15) is 0 Å². The number of aliphatic hydroxyl groups is 1. The van der Waals surface area contributed by atoms with Gasteiger partial charge in [0.15, 0.2) is 0 Å². The SMILES string of the molecule is Cc1cc(Br)c(NC(=O)CN2CCC(C(C)O)C2)c(Br)c1. The Morgan fingerprint density at radius 2 is 2.10 bits per heavy atom. The van der Waals surface area contributed by atoms with Crippen LogP contribution in [0.25, 0.3) is 0 Å². The third-order valence-corrected chi connectivity index (χ3v) is 5.06. The molecule has 2 unspecified atom stereocenters. The molecular formula is C15H20Br2N2O2. The van der Waals surface area contributed by atoms with Gasteiger partial charge in [-0.1, -0.05) is 0 Å². The number of rotatable bonds is 4. The van der Waals surface area contributed by atoms with Gasteiger partial charge in [-0.05, 0) is 82.3 Å². The highest BCUT2D eigenvalue weighted by molar-refractivity contribution is 9.11. The van der Waals surface area contributed by atoms with Crippen molar-refractivity contribution >= 4 is 43.5 Å². The number of anilines is 1. The summed E-state index contributed by atoms with van der Waals surface area (Å²) in [7, 11) is 0. The largest absolute Gasteiger partial charge is 0.393 e. The minimum Gasteiger partial charge on any atom is -0.393 e. The van der Waals surface area contributed by atoms with Crippen LogP contribution in [-0.4, -0.2) is 41.7 Å². The van der Waals surface area contributed by atoms with E-state index in [0.717, 1.165) is 39.7 Å². The second kappa shape index (κ2) is 7.22. The Labute approximate surface area is 142 Å². The lowest BCUT2D eigenvalue weighted by atomic mass is 10.0. The lowest BCUT2D eigenvalue weighted by Crippen LogP contribution is -2.32. The molecule has 0 aliphatic carbocycles. The van der Waals surface area contributed by atoms with E-state index in [0.29, 0.717) is 6.54 Å². The Morgan fingerprint density at radius 1 is 1.48 bits per heavy atom. The molecular weight excluding hydrogens is 400 g/mol. The Hall–Kier alpha value is -0.430. The number of benzene rings is 1. The lowest BCUT2D eigenvalue weighted by molar-refractivity contribution is -0.117. The van der Waals surface area contributed by atoms with E-state index in [2.05, 4.69) is 42.1 Å². The summed E-state index contributed by atoms with van der Waals surface area (Å²) in [6.45, 7) is 5.81. The molecule has 6 heteroatoms. The predicted molar refractivity (Wildman–Crippen MR) is 91.4 cm³/mol. The number of hydrogen-bond acceptors (Lipinski definition) is 3. The number of hydrogen-bond donors (Lipinski definition) is 2. The minimum atomic E-state index is -0.307. The molecule has 2 rings (SSSR count). The van der Waals surface area contributed by atoms with Crippen molar-refractivity contribution in [3.63, 3.8) is 0 Å². The zero-order chi connectivity index (χ0) is 15.6. The molecule has 1 amide bonds. The van der Waals surface area contributed by atoms with Crippen molar-refractivity contribution in [2.45, 2.75) is 26.4 Å². The first-order valence-electron chi connectivity index (χ1n) is 7.02. The highest BCUT2D eigenvalue weighted by atomic mass is 79.9. The fourth-order valence-corrected chi connectivity index (χ4v) is 4.21.